The minimum absolute atomic E-state index is 0.00854. The van der Waals surface area contributed by atoms with Gasteiger partial charge in [-0.15, -0.1) is 0 Å². The summed E-state index contributed by atoms with van der Waals surface area (Å²) in [5, 5.41) is 8.17. The second kappa shape index (κ2) is 14.1. The lowest BCUT2D eigenvalue weighted by atomic mass is 9.86. The number of amides is 5. The molecule has 3 aliphatic heterocycles. The van der Waals surface area contributed by atoms with Crippen molar-refractivity contribution in [3.63, 3.8) is 0 Å². The fraction of sp³-hybridized carbons (Fsp3) is 0.368. The van der Waals surface area contributed by atoms with Crippen LogP contribution in [-0.4, -0.2) is 98.6 Å². The fourth-order valence-electron chi connectivity index (χ4n) is 7.58. The van der Waals surface area contributed by atoms with Crippen LogP contribution in [0.3, 0.4) is 0 Å². The number of piperazine rings is 1. The zero-order chi connectivity index (χ0) is 37.7. The number of benzene rings is 1. The number of rotatable bonds is 9. The molecule has 0 spiro atoms. The van der Waals surface area contributed by atoms with Crippen LogP contribution in [0.4, 0.5) is 15.8 Å². The number of aromatic amines is 1. The summed E-state index contributed by atoms with van der Waals surface area (Å²) in [7, 11) is 0. The van der Waals surface area contributed by atoms with Crippen molar-refractivity contribution in [2.45, 2.75) is 63.7 Å². The van der Waals surface area contributed by atoms with E-state index in [9.17, 15) is 28.8 Å². The predicted octanol–water partition coefficient (Wildman–Crippen LogP) is 2.12. The molecule has 278 valence electrons. The molecule has 6 heterocycles. The van der Waals surface area contributed by atoms with Crippen LogP contribution in [0.15, 0.2) is 53.6 Å². The number of halogens is 1. The number of H-pyrrole nitrogens is 1. The molecule has 5 amide bonds. The Labute approximate surface area is 308 Å². The van der Waals surface area contributed by atoms with Gasteiger partial charge >= 0.3 is 0 Å². The smallest absolute Gasteiger partial charge is 0.270 e. The Morgan fingerprint density at radius 2 is 1.69 bits per heavy atom. The summed E-state index contributed by atoms with van der Waals surface area (Å²) in [6, 6.07) is 8.21. The Hall–Kier alpha value is -6.03. The number of nitrogens with one attached hydrogen (secondary N) is 4. The topological polar surface area (TPSA) is 190 Å². The van der Waals surface area contributed by atoms with E-state index < -0.39 is 35.5 Å². The quantitative estimate of drug-likeness (QED) is 0.184. The molecular weight excluding hydrogens is 697 g/mol. The van der Waals surface area contributed by atoms with Gasteiger partial charge < -0.3 is 20.5 Å². The standard InChI is InChI=1S/C38H38FN9O6/c1-2-21-12-30-31(44-34(21)50)11-20(17-40-30)19-46-7-9-47(10-8-46)24-3-4-28(41-18-24)35(51)43-23-13-22(14-23)42-29-16-26-25(15-27(29)39)37(53)48(38(26)54)32-5-6-33(49)45-36(32)52/h3-4,11-12,15-18,22-23,32,42H,2,5-10,13-14,19H2,1H3,(H,43,51)(H,44,50)(H,45,49,52)/t22?,23?,32-/m1/s1. The lowest BCUT2D eigenvalue weighted by Crippen LogP contribution is -2.54. The molecule has 4 aromatic rings. The van der Waals surface area contributed by atoms with E-state index >= 15 is 4.39 Å². The first-order valence-corrected chi connectivity index (χ1v) is 18.1. The summed E-state index contributed by atoms with van der Waals surface area (Å²) in [5.74, 6) is -3.73. The summed E-state index contributed by atoms with van der Waals surface area (Å²) < 4.78 is 15.1. The Morgan fingerprint density at radius 3 is 2.39 bits per heavy atom. The van der Waals surface area contributed by atoms with Gasteiger partial charge in [0.05, 0.1) is 39.7 Å². The average Bonchev–Trinajstić information content (AvgIpc) is 3.38. The maximum Gasteiger partial charge on any atom is 0.270 e. The molecule has 15 nitrogen and oxygen atoms in total. The average molecular weight is 736 g/mol. The van der Waals surface area contributed by atoms with Gasteiger partial charge in [-0.2, -0.15) is 0 Å². The lowest BCUT2D eigenvalue weighted by Gasteiger charge is -2.37. The van der Waals surface area contributed by atoms with Crippen LogP contribution in [-0.2, 0) is 22.6 Å². The molecule has 1 atom stereocenters. The summed E-state index contributed by atoms with van der Waals surface area (Å²) in [6.07, 6.45) is 5.23. The van der Waals surface area contributed by atoms with Gasteiger partial charge in [0.15, 0.2) is 0 Å². The molecule has 0 radical (unpaired) electrons. The zero-order valence-corrected chi connectivity index (χ0v) is 29.5. The molecule has 4 N–H and O–H groups in total. The molecular formula is C38H38FN9O6. The molecule has 4 aliphatic rings. The summed E-state index contributed by atoms with van der Waals surface area (Å²) >= 11 is 0. The monoisotopic (exact) mass is 735 g/mol. The van der Waals surface area contributed by atoms with E-state index in [-0.39, 0.29) is 58.9 Å². The van der Waals surface area contributed by atoms with Crippen molar-refractivity contribution >= 4 is 51.9 Å². The molecule has 0 bridgehead atoms. The van der Waals surface area contributed by atoms with E-state index in [1.54, 1.807) is 12.3 Å². The van der Waals surface area contributed by atoms with E-state index in [0.717, 1.165) is 71.5 Å². The van der Waals surface area contributed by atoms with Crippen LogP contribution in [0.1, 0.15) is 74.9 Å². The summed E-state index contributed by atoms with van der Waals surface area (Å²) in [4.78, 5) is 92.5. The second-order valence-electron chi connectivity index (χ2n) is 14.2. The summed E-state index contributed by atoms with van der Waals surface area (Å²) in [5.41, 5.74) is 4.31. The van der Waals surface area contributed by atoms with Crippen molar-refractivity contribution in [1.82, 2.24) is 35.4 Å². The van der Waals surface area contributed by atoms with Gasteiger partial charge in [0.2, 0.25) is 11.8 Å². The van der Waals surface area contributed by atoms with Crippen LogP contribution < -0.4 is 26.4 Å². The Morgan fingerprint density at radius 1 is 0.926 bits per heavy atom. The molecule has 0 unspecified atom stereocenters. The molecule has 54 heavy (non-hydrogen) atoms. The maximum atomic E-state index is 15.1. The number of anilines is 2. The number of hydrogen-bond acceptors (Lipinski definition) is 11. The third kappa shape index (κ3) is 6.68. The predicted molar refractivity (Wildman–Crippen MR) is 194 cm³/mol. The Balaban J connectivity index is 0.803. The van der Waals surface area contributed by atoms with Crippen molar-refractivity contribution in [1.29, 1.82) is 0 Å². The number of piperidine rings is 1. The molecule has 1 saturated carbocycles. The first kappa shape index (κ1) is 35.0. The van der Waals surface area contributed by atoms with E-state index in [4.69, 9.17) is 0 Å². The third-order valence-electron chi connectivity index (χ3n) is 10.7. The van der Waals surface area contributed by atoms with Crippen LogP contribution >= 0.6 is 0 Å². The van der Waals surface area contributed by atoms with Crippen molar-refractivity contribution in [2.24, 2.45) is 0 Å². The number of nitrogens with zero attached hydrogens (tertiary/aromatic N) is 5. The molecule has 1 aliphatic carbocycles. The molecule has 3 aromatic heterocycles. The number of hydrogen-bond donors (Lipinski definition) is 4. The highest BCUT2D eigenvalue weighted by Gasteiger charge is 2.45. The number of carbonyl (C=O) groups excluding carboxylic acids is 5. The largest absolute Gasteiger partial charge is 0.380 e. The van der Waals surface area contributed by atoms with Gasteiger partial charge in [-0.3, -0.25) is 48.9 Å². The van der Waals surface area contributed by atoms with E-state index in [1.807, 2.05) is 31.3 Å². The number of fused-ring (bicyclic) bond motifs is 2. The van der Waals surface area contributed by atoms with Crippen molar-refractivity contribution in [3.05, 3.63) is 92.9 Å². The van der Waals surface area contributed by atoms with Gasteiger partial charge in [0.25, 0.3) is 23.3 Å². The van der Waals surface area contributed by atoms with Crippen LogP contribution in [0.2, 0.25) is 0 Å². The van der Waals surface area contributed by atoms with Crippen LogP contribution in [0.25, 0.3) is 11.0 Å². The van der Waals surface area contributed by atoms with Crippen molar-refractivity contribution < 1.29 is 28.4 Å². The van der Waals surface area contributed by atoms with Crippen LogP contribution in [0.5, 0.6) is 0 Å². The molecule has 2 saturated heterocycles. The Bertz CT molecular complexity index is 2260. The zero-order valence-electron chi connectivity index (χ0n) is 29.5. The van der Waals surface area contributed by atoms with Gasteiger partial charge in [-0.1, -0.05) is 6.92 Å². The molecule has 1 aromatic carbocycles. The number of aryl methyl sites for hydroxylation is 1. The highest BCUT2D eigenvalue weighted by Crippen LogP contribution is 2.33. The summed E-state index contributed by atoms with van der Waals surface area (Å²) in [6.45, 7) is 5.89. The first-order chi connectivity index (χ1) is 26.0. The minimum atomic E-state index is -1.14. The van der Waals surface area contributed by atoms with Crippen molar-refractivity contribution in [2.75, 3.05) is 36.4 Å². The fourth-order valence-corrected chi connectivity index (χ4v) is 7.58. The van der Waals surface area contributed by atoms with Gasteiger partial charge in [-0.05, 0) is 67.6 Å². The molecule has 8 rings (SSSR count). The normalized spacial score (nSPS) is 21.6. The molecule has 3 fully saturated rings. The first-order valence-electron chi connectivity index (χ1n) is 18.1. The lowest BCUT2D eigenvalue weighted by molar-refractivity contribution is -0.136. The third-order valence-corrected chi connectivity index (χ3v) is 10.7. The van der Waals surface area contributed by atoms with Gasteiger partial charge in [-0.25, -0.2) is 9.37 Å². The minimum Gasteiger partial charge on any atom is -0.380 e. The van der Waals surface area contributed by atoms with Gasteiger partial charge in [0, 0.05) is 63.0 Å². The highest BCUT2D eigenvalue weighted by atomic mass is 19.1. The SMILES string of the molecule is CCc1cc2ncc(CN3CCN(c4ccc(C(=O)NC5CC(Nc6cc7c(cc6F)C(=O)N([C@@H]6CCC(=O)NC6=O)C7=O)C5)nc4)CC3)cc2[nH]c1=O. The van der Waals surface area contributed by atoms with Crippen molar-refractivity contribution in [3.8, 4) is 0 Å². The number of carbonyl (C=O) groups is 5. The Kier molecular flexibility index (Phi) is 9.13. The van der Waals surface area contributed by atoms with E-state index in [2.05, 4.69) is 40.7 Å². The van der Waals surface area contributed by atoms with Gasteiger partial charge in [0.1, 0.15) is 17.6 Å². The second-order valence-corrected chi connectivity index (χ2v) is 14.2. The maximum absolute atomic E-state index is 15.1. The highest BCUT2D eigenvalue weighted by molar-refractivity contribution is 6.23. The van der Waals surface area contributed by atoms with E-state index in [1.165, 1.54) is 6.07 Å². The van der Waals surface area contributed by atoms with E-state index in [0.29, 0.717) is 19.3 Å². The number of imide groups is 2. The number of aromatic nitrogens is 3. The number of pyridine rings is 3. The molecule has 16 heteroatoms. The van der Waals surface area contributed by atoms with Crippen LogP contribution in [0, 0.1) is 5.82 Å².